The summed E-state index contributed by atoms with van der Waals surface area (Å²) in [7, 11) is 1.53. The van der Waals surface area contributed by atoms with Gasteiger partial charge in [-0.15, -0.1) is 0 Å². The predicted molar refractivity (Wildman–Crippen MR) is 112 cm³/mol. The van der Waals surface area contributed by atoms with Gasteiger partial charge in [0.25, 0.3) is 0 Å². The summed E-state index contributed by atoms with van der Waals surface area (Å²) in [6.07, 6.45) is 1.42. The fourth-order valence-electron chi connectivity index (χ4n) is 2.87. The van der Waals surface area contributed by atoms with E-state index in [1.807, 2.05) is 0 Å². The molecule has 10 heteroatoms. The van der Waals surface area contributed by atoms with Crippen molar-refractivity contribution in [3.8, 4) is 11.5 Å². The standard InChI is InChI=1S/C21H24N4O6/c1-29-11-10-23-20(27)13-25(15-5-6-16-17(12-15)31-14-30-16)21(28)8-7-19(26)24-18-4-2-3-9-22-18/h2-6,9,12H,7-8,10-11,13-14H2,1H3,(H,23,27)(H,22,24,26). The van der Waals surface area contributed by atoms with Crippen LogP contribution in [0.25, 0.3) is 0 Å². The van der Waals surface area contributed by atoms with Gasteiger partial charge in [-0.3, -0.25) is 14.4 Å². The molecule has 0 saturated carbocycles. The maximum Gasteiger partial charge on any atom is 0.240 e. The molecule has 0 atom stereocenters. The summed E-state index contributed by atoms with van der Waals surface area (Å²) in [5.41, 5.74) is 0.473. The summed E-state index contributed by atoms with van der Waals surface area (Å²) in [6, 6.07) is 10.1. The van der Waals surface area contributed by atoms with Gasteiger partial charge in [0.1, 0.15) is 12.4 Å². The molecule has 2 aromatic rings. The van der Waals surface area contributed by atoms with Crippen molar-refractivity contribution < 1.29 is 28.6 Å². The van der Waals surface area contributed by atoms with Crippen molar-refractivity contribution in [3.05, 3.63) is 42.6 Å². The molecule has 2 heterocycles. The molecule has 10 nitrogen and oxygen atoms in total. The SMILES string of the molecule is COCCNC(=O)CN(C(=O)CCC(=O)Nc1ccccn1)c1ccc2c(c1)OCO2. The van der Waals surface area contributed by atoms with Crippen molar-refractivity contribution in [2.45, 2.75) is 12.8 Å². The van der Waals surface area contributed by atoms with Crippen LogP contribution in [0, 0.1) is 0 Å². The van der Waals surface area contributed by atoms with Gasteiger partial charge in [0.05, 0.1) is 6.61 Å². The molecule has 0 spiro atoms. The summed E-state index contributed by atoms with van der Waals surface area (Å²) in [6.45, 7) is 0.574. The van der Waals surface area contributed by atoms with Crippen LogP contribution in [0.5, 0.6) is 11.5 Å². The number of carbonyl (C=O) groups is 3. The van der Waals surface area contributed by atoms with Crippen LogP contribution in [0.4, 0.5) is 11.5 Å². The minimum Gasteiger partial charge on any atom is -0.454 e. The molecule has 1 aromatic heterocycles. The van der Waals surface area contributed by atoms with Crippen LogP contribution < -0.4 is 25.0 Å². The third-order valence-electron chi connectivity index (χ3n) is 4.40. The van der Waals surface area contributed by atoms with Gasteiger partial charge >= 0.3 is 0 Å². The number of aromatic nitrogens is 1. The number of nitrogens with one attached hydrogen (secondary N) is 2. The van der Waals surface area contributed by atoms with Crippen molar-refractivity contribution in [2.24, 2.45) is 0 Å². The van der Waals surface area contributed by atoms with Gasteiger partial charge in [0.15, 0.2) is 11.5 Å². The summed E-state index contributed by atoms with van der Waals surface area (Å²) in [5.74, 6) is 0.392. The van der Waals surface area contributed by atoms with Crippen molar-refractivity contribution >= 4 is 29.2 Å². The molecule has 3 amide bonds. The molecule has 2 N–H and O–H groups in total. The van der Waals surface area contributed by atoms with E-state index in [9.17, 15) is 14.4 Å². The Balaban J connectivity index is 1.65. The molecule has 0 radical (unpaired) electrons. The Morgan fingerprint density at radius 3 is 2.71 bits per heavy atom. The molecule has 1 aliphatic rings. The van der Waals surface area contributed by atoms with E-state index < -0.39 is 0 Å². The number of fused-ring (bicyclic) bond motifs is 1. The Morgan fingerprint density at radius 2 is 1.94 bits per heavy atom. The van der Waals surface area contributed by atoms with Crippen molar-refractivity contribution in [3.63, 3.8) is 0 Å². The lowest BCUT2D eigenvalue weighted by atomic mass is 10.2. The minimum absolute atomic E-state index is 0.0538. The Morgan fingerprint density at radius 1 is 1.10 bits per heavy atom. The first kappa shape index (κ1) is 22.0. The Hall–Kier alpha value is -3.66. The van der Waals surface area contributed by atoms with Crippen LogP contribution >= 0.6 is 0 Å². The van der Waals surface area contributed by atoms with E-state index in [0.29, 0.717) is 36.2 Å². The molecule has 0 bridgehead atoms. The van der Waals surface area contributed by atoms with Crippen LogP contribution in [0.15, 0.2) is 42.6 Å². The molecule has 164 valence electrons. The van der Waals surface area contributed by atoms with E-state index in [2.05, 4.69) is 15.6 Å². The van der Waals surface area contributed by atoms with Gasteiger partial charge < -0.3 is 29.7 Å². The number of hydrogen-bond donors (Lipinski definition) is 2. The third-order valence-corrected chi connectivity index (χ3v) is 4.40. The van der Waals surface area contributed by atoms with Crippen LogP contribution in [-0.2, 0) is 19.1 Å². The van der Waals surface area contributed by atoms with E-state index in [1.54, 1.807) is 42.6 Å². The van der Waals surface area contributed by atoms with E-state index in [0.717, 1.165) is 0 Å². The Kier molecular flexibility index (Phi) is 7.77. The lowest BCUT2D eigenvalue weighted by molar-refractivity contribution is -0.125. The molecule has 0 aliphatic carbocycles. The summed E-state index contributed by atoms with van der Waals surface area (Å²) in [5, 5.41) is 5.32. The molecular weight excluding hydrogens is 404 g/mol. The average molecular weight is 428 g/mol. The monoisotopic (exact) mass is 428 g/mol. The number of anilines is 2. The summed E-state index contributed by atoms with van der Waals surface area (Å²) < 4.78 is 15.6. The summed E-state index contributed by atoms with van der Waals surface area (Å²) in [4.78, 5) is 42.7. The normalized spacial score (nSPS) is 11.6. The van der Waals surface area contributed by atoms with Crippen molar-refractivity contribution in [1.82, 2.24) is 10.3 Å². The highest BCUT2D eigenvalue weighted by atomic mass is 16.7. The lowest BCUT2D eigenvalue weighted by Gasteiger charge is -2.22. The van der Waals surface area contributed by atoms with Crippen LogP contribution in [0.1, 0.15) is 12.8 Å². The molecule has 1 aromatic carbocycles. The Labute approximate surface area is 179 Å². The number of hydrogen-bond acceptors (Lipinski definition) is 7. The first-order valence-electron chi connectivity index (χ1n) is 9.73. The molecule has 0 unspecified atom stereocenters. The first-order chi connectivity index (χ1) is 15.1. The number of rotatable bonds is 10. The smallest absolute Gasteiger partial charge is 0.240 e. The van der Waals surface area contributed by atoms with E-state index in [1.165, 1.54) is 12.0 Å². The number of nitrogens with zero attached hydrogens (tertiary/aromatic N) is 2. The maximum atomic E-state index is 12.9. The van der Waals surface area contributed by atoms with E-state index in [-0.39, 0.29) is 43.9 Å². The van der Waals surface area contributed by atoms with Crippen molar-refractivity contribution in [2.75, 3.05) is 43.8 Å². The van der Waals surface area contributed by atoms with Crippen LogP contribution in [0.3, 0.4) is 0 Å². The highest BCUT2D eigenvalue weighted by molar-refractivity contribution is 6.01. The highest BCUT2D eigenvalue weighted by Gasteiger charge is 2.23. The molecule has 31 heavy (non-hydrogen) atoms. The van der Waals surface area contributed by atoms with Gasteiger partial charge in [0.2, 0.25) is 24.5 Å². The van der Waals surface area contributed by atoms with Crippen molar-refractivity contribution in [1.29, 1.82) is 0 Å². The summed E-state index contributed by atoms with van der Waals surface area (Å²) >= 11 is 0. The topological polar surface area (TPSA) is 119 Å². The number of carbonyl (C=O) groups excluding carboxylic acids is 3. The zero-order valence-corrected chi connectivity index (χ0v) is 17.1. The molecular formula is C21H24N4O6. The number of benzene rings is 1. The van der Waals surface area contributed by atoms with Gasteiger partial charge in [-0.05, 0) is 24.3 Å². The Bertz CT molecular complexity index is 921. The van der Waals surface area contributed by atoms with Crippen LogP contribution in [-0.4, -0.2) is 56.3 Å². The zero-order valence-electron chi connectivity index (χ0n) is 17.1. The fourth-order valence-corrected chi connectivity index (χ4v) is 2.87. The average Bonchev–Trinajstić information content (AvgIpc) is 3.24. The fraction of sp³-hybridized carbons (Fsp3) is 0.333. The molecule has 1 aliphatic heterocycles. The van der Waals surface area contributed by atoms with Gasteiger partial charge in [0, 0.05) is 44.4 Å². The van der Waals surface area contributed by atoms with Gasteiger partial charge in [-0.2, -0.15) is 0 Å². The number of pyridine rings is 1. The van der Waals surface area contributed by atoms with Crippen LogP contribution in [0.2, 0.25) is 0 Å². The minimum atomic E-state index is -0.378. The molecule has 0 saturated heterocycles. The highest BCUT2D eigenvalue weighted by Crippen LogP contribution is 2.35. The number of amides is 3. The lowest BCUT2D eigenvalue weighted by Crippen LogP contribution is -2.42. The first-order valence-corrected chi connectivity index (χ1v) is 9.73. The number of methoxy groups -OCH3 is 1. The van der Waals surface area contributed by atoms with E-state index >= 15 is 0 Å². The quantitative estimate of drug-likeness (QED) is 0.548. The molecule has 0 fully saturated rings. The van der Waals surface area contributed by atoms with E-state index in [4.69, 9.17) is 14.2 Å². The second-order valence-electron chi connectivity index (χ2n) is 6.62. The predicted octanol–water partition coefficient (Wildman–Crippen LogP) is 1.32. The third kappa shape index (κ3) is 6.41. The maximum absolute atomic E-state index is 12.9. The number of ether oxygens (including phenoxy) is 3. The second kappa shape index (κ2) is 10.9. The van der Waals surface area contributed by atoms with Gasteiger partial charge in [-0.1, -0.05) is 6.07 Å². The zero-order chi connectivity index (χ0) is 22.1. The second-order valence-corrected chi connectivity index (χ2v) is 6.62. The molecule has 3 rings (SSSR count). The largest absolute Gasteiger partial charge is 0.454 e. The van der Waals surface area contributed by atoms with Gasteiger partial charge in [-0.25, -0.2) is 4.98 Å².